The summed E-state index contributed by atoms with van der Waals surface area (Å²) in [4.78, 5) is 9.20. The van der Waals surface area contributed by atoms with Crippen LogP contribution in [0.3, 0.4) is 0 Å². The highest BCUT2D eigenvalue weighted by atomic mass is 19.1. The minimum atomic E-state index is -0.225. The van der Waals surface area contributed by atoms with Crippen molar-refractivity contribution in [1.29, 1.82) is 0 Å². The van der Waals surface area contributed by atoms with Crippen LogP contribution in [0, 0.1) is 11.7 Å². The smallest absolute Gasteiger partial charge is 0.159 e. The average Bonchev–Trinajstić information content (AvgIpc) is 2.55. The van der Waals surface area contributed by atoms with Crippen LogP contribution >= 0.6 is 0 Å². The van der Waals surface area contributed by atoms with Gasteiger partial charge in [0.1, 0.15) is 5.82 Å². The molecule has 0 saturated carbocycles. The van der Waals surface area contributed by atoms with Gasteiger partial charge in [-0.15, -0.1) is 0 Å². The van der Waals surface area contributed by atoms with Gasteiger partial charge in [-0.3, -0.25) is 0 Å². The van der Waals surface area contributed by atoms with Crippen LogP contribution in [-0.4, -0.2) is 9.97 Å². The summed E-state index contributed by atoms with van der Waals surface area (Å²) in [6.45, 7) is 2.25. The molecule has 1 aromatic heterocycles. The molecule has 3 heteroatoms. The summed E-state index contributed by atoms with van der Waals surface area (Å²) in [5.41, 5.74) is 3.37. The van der Waals surface area contributed by atoms with Gasteiger partial charge in [0.25, 0.3) is 0 Å². The van der Waals surface area contributed by atoms with Crippen molar-refractivity contribution in [3.63, 3.8) is 0 Å². The number of aromatic nitrogens is 2. The Hall–Kier alpha value is -1.77. The first kappa shape index (κ1) is 15.1. The van der Waals surface area contributed by atoms with Crippen molar-refractivity contribution in [2.24, 2.45) is 5.92 Å². The summed E-state index contributed by atoms with van der Waals surface area (Å²) >= 11 is 0. The third-order valence-electron chi connectivity index (χ3n) is 4.57. The van der Waals surface area contributed by atoms with Gasteiger partial charge in [0.2, 0.25) is 0 Å². The number of halogens is 1. The van der Waals surface area contributed by atoms with Gasteiger partial charge in [-0.05, 0) is 55.0 Å². The SMILES string of the molecule is CCCCCC1CCc2nc(-c3ccc(F)cc3)ncc2C1. The molecule has 2 nitrogen and oxygen atoms in total. The summed E-state index contributed by atoms with van der Waals surface area (Å²) in [7, 11) is 0. The Balaban J connectivity index is 1.72. The molecular formula is C19H23FN2. The van der Waals surface area contributed by atoms with Crippen LogP contribution in [0.5, 0.6) is 0 Å². The first-order valence-corrected chi connectivity index (χ1v) is 8.37. The minimum absolute atomic E-state index is 0.225. The fourth-order valence-electron chi connectivity index (χ4n) is 3.25. The predicted octanol–water partition coefficient (Wildman–Crippen LogP) is 4.97. The zero-order valence-electron chi connectivity index (χ0n) is 13.2. The number of benzene rings is 1. The van der Waals surface area contributed by atoms with E-state index in [0.717, 1.165) is 24.3 Å². The zero-order valence-corrected chi connectivity index (χ0v) is 13.2. The summed E-state index contributed by atoms with van der Waals surface area (Å²) in [6, 6.07) is 6.41. The molecule has 116 valence electrons. The van der Waals surface area contributed by atoms with Gasteiger partial charge < -0.3 is 0 Å². The maximum atomic E-state index is 13.0. The molecule has 0 saturated heterocycles. The normalized spacial score (nSPS) is 17.3. The third kappa shape index (κ3) is 3.52. The lowest BCUT2D eigenvalue weighted by Crippen LogP contribution is -2.16. The molecule has 1 aliphatic carbocycles. The number of rotatable bonds is 5. The maximum Gasteiger partial charge on any atom is 0.159 e. The van der Waals surface area contributed by atoms with Crippen molar-refractivity contribution >= 4 is 0 Å². The van der Waals surface area contributed by atoms with Crippen molar-refractivity contribution in [3.8, 4) is 11.4 Å². The van der Waals surface area contributed by atoms with Crippen LogP contribution in [0.25, 0.3) is 11.4 Å². The highest BCUT2D eigenvalue weighted by molar-refractivity contribution is 5.55. The van der Waals surface area contributed by atoms with Gasteiger partial charge in [-0.25, -0.2) is 14.4 Å². The maximum absolute atomic E-state index is 13.0. The molecule has 1 aromatic carbocycles. The Labute approximate surface area is 131 Å². The molecular weight excluding hydrogens is 275 g/mol. The fourth-order valence-corrected chi connectivity index (χ4v) is 3.25. The van der Waals surface area contributed by atoms with Crippen LogP contribution in [-0.2, 0) is 12.8 Å². The van der Waals surface area contributed by atoms with Crippen LogP contribution in [0.15, 0.2) is 30.5 Å². The standard InChI is InChI=1S/C19H23FN2/c1-2-3-4-5-14-6-11-18-16(12-14)13-21-19(22-18)15-7-9-17(20)10-8-15/h7-10,13-14H,2-6,11-12H2,1H3. The van der Waals surface area contributed by atoms with E-state index in [1.54, 1.807) is 12.1 Å². The van der Waals surface area contributed by atoms with E-state index in [1.807, 2.05) is 6.20 Å². The van der Waals surface area contributed by atoms with Crippen molar-refractivity contribution in [3.05, 3.63) is 47.5 Å². The first-order valence-electron chi connectivity index (χ1n) is 8.37. The van der Waals surface area contributed by atoms with E-state index in [9.17, 15) is 4.39 Å². The van der Waals surface area contributed by atoms with E-state index in [1.165, 1.54) is 55.5 Å². The van der Waals surface area contributed by atoms with E-state index in [2.05, 4.69) is 11.9 Å². The summed E-state index contributed by atoms with van der Waals surface area (Å²) in [5.74, 6) is 1.28. The van der Waals surface area contributed by atoms with Crippen LogP contribution in [0.2, 0.25) is 0 Å². The zero-order chi connectivity index (χ0) is 15.4. The lowest BCUT2D eigenvalue weighted by molar-refractivity contribution is 0.404. The van der Waals surface area contributed by atoms with Gasteiger partial charge in [0.15, 0.2) is 5.82 Å². The molecule has 1 heterocycles. The molecule has 0 amide bonds. The molecule has 1 aliphatic rings. The van der Waals surface area contributed by atoms with Crippen molar-refractivity contribution in [1.82, 2.24) is 9.97 Å². The Kier molecular flexibility index (Phi) is 4.81. The van der Waals surface area contributed by atoms with E-state index < -0.39 is 0 Å². The van der Waals surface area contributed by atoms with Crippen LogP contribution in [0.1, 0.15) is 50.3 Å². The van der Waals surface area contributed by atoms with Gasteiger partial charge in [-0.1, -0.05) is 32.6 Å². The minimum Gasteiger partial charge on any atom is -0.236 e. The summed E-state index contributed by atoms with van der Waals surface area (Å²) in [6.07, 6.45) is 10.7. The van der Waals surface area contributed by atoms with E-state index >= 15 is 0 Å². The summed E-state index contributed by atoms with van der Waals surface area (Å²) in [5, 5.41) is 0. The Morgan fingerprint density at radius 3 is 2.77 bits per heavy atom. The third-order valence-corrected chi connectivity index (χ3v) is 4.57. The molecule has 0 N–H and O–H groups in total. The number of nitrogens with zero attached hydrogens (tertiary/aromatic N) is 2. The number of hydrogen-bond acceptors (Lipinski definition) is 2. The van der Waals surface area contributed by atoms with Gasteiger partial charge in [0.05, 0.1) is 0 Å². The monoisotopic (exact) mass is 298 g/mol. The second-order valence-corrected chi connectivity index (χ2v) is 6.28. The molecule has 2 aromatic rings. The molecule has 3 rings (SSSR count). The molecule has 0 bridgehead atoms. The van der Waals surface area contributed by atoms with E-state index in [0.29, 0.717) is 5.82 Å². The van der Waals surface area contributed by atoms with Gasteiger partial charge in [0, 0.05) is 17.5 Å². The predicted molar refractivity (Wildman–Crippen MR) is 87.1 cm³/mol. The lowest BCUT2D eigenvalue weighted by atomic mass is 9.84. The number of unbranched alkanes of at least 4 members (excludes halogenated alkanes) is 2. The Morgan fingerprint density at radius 2 is 2.00 bits per heavy atom. The summed E-state index contributed by atoms with van der Waals surface area (Å²) < 4.78 is 13.0. The number of hydrogen-bond donors (Lipinski definition) is 0. The van der Waals surface area contributed by atoms with Gasteiger partial charge >= 0.3 is 0 Å². The average molecular weight is 298 g/mol. The molecule has 0 spiro atoms. The van der Waals surface area contributed by atoms with E-state index in [4.69, 9.17) is 4.98 Å². The molecule has 1 atom stereocenters. The Morgan fingerprint density at radius 1 is 1.18 bits per heavy atom. The molecule has 1 unspecified atom stereocenters. The second kappa shape index (κ2) is 6.99. The van der Waals surface area contributed by atoms with Gasteiger partial charge in [-0.2, -0.15) is 0 Å². The quantitative estimate of drug-likeness (QED) is 0.728. The molecule has 22 heavy (non-hydrogen) atoms. The van der Waals surface area contributed by atoms with Crippen molar-refractivity contribution < 1.29 is 4.39 Å². The highest BCUT2D eigenvalue weighted by Gasteiger charge is 2.20. The first-order chi connectivity index (χ1) is 10.8. The topological polar surface area (TPSA) is 25.8 Å². The van der Waals surface area contributed by atoms with Crippen LogP contribution in [0.4, 0.5) is 4.39 Å². The lowest BCUT2D eigenvalue weighted by Gasteiger charge is -2.23. The highest BCUT2D eigenvalue weighted by Crippen LogP contribution is 2.29. The Bertz CT molecular complexity index is 622. The number of fused-ring (bicyclic) bond motifs is 1. The second-order valence-electron chi connectivity index (χ2n) is 6.28. The van der Waals surface area contributed by atoms with E-state index in [-0.39, 0.29) is 5.82 Å². The van der Waals surface area contributed by atoms with Crippen molar-refractivity contribution in [2.45, 2.75) is 51.9 Å². The number of aryl methyl sites for hydroxylation is 1. The molecule has 0 fully saturated rings. The fraction of sp³-hybridized carbons (Fsp3) is 0.474. The van der Waals surface area contributed by atoms with Crippen LogP contribution < -0.4 is 0 Å². The van der Waals surface area contributed by atoms with Crippen molar-refractivity contribution in [2.75, 3.05) is 0 Å². The largest absolute Gasteiger partial charge is 0.236 e. The molecule has 0 radical (unpaired) electrons. The molecule has 0 aliphatic heterocycles.